The minimum absolute atomic E-state index is 0.0830. The van der Waals surface area contributed by atoms with Gasteiger partial charge < -0.3 is 15.3 Å². The first-order chi connectivity index (χ1) is 10.5. The third kappa shape index (κ3) is 3.85. The van der Waals surface area contributed by atoms with E-state index >= 15 is 0 Å². The Labute approximate surface area is 129 Å². The lowest BCUT2D eigenvalue weighted by Crippen LogP contribution is -2.34. The molecule has 0 saturated carbocycles. The van der Waals surface area contributed by atoms with Gasteiger partial charge in [-0.2, -0.15) is 0 Å². The minimum atomic E-state index is -0.402. The molecule has 2 aromatic carbocycles. The number of rotatable bonds is 4. The van der Waals surface area contributed by atoms with Gasteiger partial charge in [-0.3, -0.25) is 9.59 Å². The van der Waals surface area contributed by atoms with E-state index in [1.807, 2.05) is 25.1 Å². The second kappa shape index (κ2) is 6.76. The van der Waals surface area contributed by atoms with Crippen molar-refractivity contribution in [3.8, 4) is 5.75 Å². The van der Waals surface area contributed by atoms with Gasteiger partial charge in [0, 0.05) is 12.7 Å². The standard InChI is InChI=1S/C17H18N2O3/c1-12-8-9-14(15(20)10-12)17(22)19(2)11-16(21)18-13-6-4-3-5-7-13/h3-10,20H,11H2,1-2H3,(H,18,21). The van der Waals surface area contributed by atoms with Crippen LogP contribution < -0.4 is 5.32 Å². The smallest absolute Gasteiger partial charge is 0.257 e. The molecule has 2 rings (SSSR count). The summed E-state index contributed by atoms with van der Waals surface area (Å²) in [7, 11) is 1.52. The van der Waals surface area contributed by atoms with Crippen molar-refractivity contribution in [3.05, 3.63) is 59.7 Å². The molecule has 0 aliphatic rings. The molecule has 0 saturated heterocycles. The number of hydrogen-bond donors (Lipinski definition) is 2. The summed E-state index contributed by atoms with van der Waals surface area (Å²) in [5, 5.41) is 12.5. The molecule has 0 atom stereocenters. The molecule has 0 aliphatic carbocycles. The van der Waals surface area contributed by atoms with Crippen LogP contribution in [0.25, 0.3) is 0 Å². The molecule has 0 spiro atoms. The van der Waals surface area contributed by atoms with E-state index in [0.717, 1.165) is 5.56 Å². The monoisotopic (exact) mass is 298 g/mol. The van der Waals surface area contributed by atoms with Gasteiger partial charge in [0.15, 0.2) is 0 Å². The van der Waals surface area contributed by atoms with Gasteiger partial charge in [-0.15, -0.1) is 0 Å². The summed E-state index contributed by atoms with van der Waals surface area (Å²) in [4.78, 5) is 25.4. The van der Waals surface area contributed by atoms with Crippen molar-refractivity contribution in [3.63, 3.8) is 0 Å². The number of nitrogens with one attached hydrogen (secondary N) is 1. The third-order valence-corrected chi connectivity index (χ3v) is 3.17. The van der Waals surface area contributed by atoms with E-state index < -0.39 is 5.91 Å². The number of hydrogen-bond acceptors (Lipinski definition) is 3. The molecule has 0 bridgehead atoms. The van der Waals surface area contributed by atoms with E-state index in [4.69, 9.17) is 0 Å². The molecule has 0 fully saturated rings. The molecule has 2 N–H and O–H groups in total. The lowest BCUT2D eigenvalue weighted by molar-refractivity contribution is -0.116. The molecular weight excluding hydrogens is 280 g/mol. The average Bonchev–Trinajstić information content (AvgIpc) is 2.47. The molecule has 5 nitrogen and oxygen atoms in total. The Balaban J connectivity index is 2.00. The number of anilines is 1. The molecule has 0 unspecified atom stereocenters. The van der Waals surface area contributed by atoms with Crippen molar-refractivity contribution in [1.82, 2.24) is 4.90 Å². The highest BCUT2D eigenvalue weighted by Gasteiger charge is 2.18. The van der Waals surface area contributed by atoms with Gasteiger partial charge in [0.2, 0.25) is 5.91 Å². The number of amides is 2. The average molecular weight is 298 g/mol. The van der Waals surface area contributed by atoms with Gasteiger partial charge in [0.25, 0.3) is 5.91 Å². The summed E-state index contributed by atoms with van der Waals surface area (Å²) < 4.78 is 0. The zero-order chi connectivity index (χ0) is 16.1. The van der Waals surface area contributed by atoms with E-state index in [1.165, 1.54) is 18.0 Å². The summed E-state index contributed by atoms with van der Waals surface area (Å²) >= 11 is 0. The highest BCUT2D eigenvalue weighted by molar-refractivity contribution is 6.00. The molecule has 0 aliphatic heterocycles. The fraction of sp³-hybridized carbons (Fsp3) is 0.176. The van der Waals surface area contributed by atoms with Crippen LogP contribution in [0.3, 0.4) is 0 Å². The molecule has 2 amide bonds. The Morgan fingerprint density at radius 1 is 1.14 bits per heavy atom. The fourth-order valence-electron chi connectivity index (χ4n) is 2.04. The zero-order valence-electron chi connectivity index (χ0n) is 12.5. The van der Waals surface area contributed by atoms with Gasteiger partial charge in [0.05, 0.1) is 12.1 Å². The van der Waals surface area contributed by atoms with Crippen molar-refractivity contribution in [1.29, 1.82) is 0 Å². The van der Waals surface area contributed by atoms with E-state index in [1.54, 1.807) is 24.3 Å². The van der Waals surface area contributed by atoms with Crippen molar-refractivity contribution in [2.45, 2.75) is 6.92 Å². The van der Waals surface area contributed by atoms with Gasteiger partial charge in [-0.1, -0.05) is 24.3 Å². The summed E-state index contributed by atoms with van der Waals surface area (Å²) in [6, 6.07) is 13.8. The van der Waals surface area contributed by atoms with Crippen LogP contribution >= 0.6 is 0 Å². The molecule has 5 heteroatoms. The number of phenolic OH excluding ortho intramolecular Hbond substituents is 1. The Kier molecular flexibility index (Phi) is 4.78. The summed E-state index contributed by atoms with van der Waals surface area (Å²) in [5.41, 5.74) is 1.71. The second-order valence-corrected chi connectivity index (χ2v) is 5.10. The number of benzene rings is 2. The summed E-state index contributed by atoms with van der Waals surface area (Å²) in [6.07, 6.45) is 0. The topological polar surface area (TPSA) is 69.6 Å². The fourth-order valence-corrected chi connectivity index (χ4v) is 2.04. The third-order valence-electron chi connectivity index (χ3n) is 3.17. The summed E-state index contributed by atoms with van der Waals surface area (Å²) in [6.45, 7) is 1.73. The van der Waals surface area contributed by atoms with Crippen molar-refractivity contribution >= 4 is 17.5 Å². The highest BCUT2D eigenvalue weighted by Crippen LogP contribution is 2.19. The lowest BCUT2D eigenvalue weighted by atomic mass is 10.1. The Bertz CT molecular complexity index is 684. The minimum Gasteiger partial charge on any atom is -0.507 e. The van der Waals surface area contributed by atoms with E-state index in [-0.39, 0.29) is 23.8 Å². The van der Waals surface area contributed by atoms with E-state index in [9.17, 15) is 14.7 Å². The number of carbonyl (C=O) groups is 2. The van der Waals surface area contributed by atoms with Crippen molar-refractivity contribution in [2.75, 3.05) is 18.9 Å². The quantitative estimate of drug-likeness (QED) is 0.910. The molecule has 2 aromatic rings. The normalized spacial score (nSPS) is 10.1. The Morgan fingerprint density at radius 2 is 1.82 bits per heavy atom. The Hall–Kier alpha value is -2.82. The first kappa shape index (κ1) is 15.6. The maximum Gasteiger partial charge on any atom is 0.257 e. The summed E-state index contributed by atoms with van der Waals surface area (Å²) in [5.74, 6) is -0.783. The zero-order valence-corrected chi connectivity index (χ0v) is 12.5. The Morgan fingerprint density at radius 3 is 2.45 bits per heavy atom. The number of nitrogens with zero attached hydrogens (tertiary/aromatic N) is 1. The maximum absolute atomic E-state index is 12.3. The van der Waals surface area contributed by atoms with Crippen LogP contribution in [0, 0.1) is 6.92 Å². The number of para-hydroxylation sites is 1. The second-order valence-electron chi connectivity index (χ2n) is 5.10. The van der Waals surface area contributed by atoms with Gasteiger partial charge in [-0.25, -0.2) is 0 Å². The largest absolute Gasteiger partial charge is 0.507 e. The van der Waals surface area contributed by atoms with Crippen LogP contribution in [-0.2, 0) is 4.79 Å². The van der Waals surface area contributed by atoms with Crippen LogP contribution in [0.15, 0.2) is 48.5 Å². The number of aromatic hydroxyl groups is 1. The van der Waals surface area contributed by atoms with Crippen LogP contribution in [0.1, 0.15) is 15.9 Å². The van der Waals surface area contributed by atoms with Crippen LogP contribution in [-0.4, -0.2) is 35.4 Å². The van der Waals surface area contributed by atoms with E-state index in [0.29, 0.717) is 5.69 Å². The lowest BCUT2D eigenvalue weighted by Gasteiger charge is -2.17. The van der Waals surface area contributed by atoms with Crippen LogP contribution in [0.5, 0.6) is 5.75 Å². The van der Waals surface area contributed by atoms with Gasteiger partial charge in [-0.05, 0) is 36.8 Å². The van der Waals surface area contributed by atoms with Gasteiger partial charge >= 0.3 is 0 Å². The number of likely N-dealkylation sites (N-methyl/N-ethyl adjacent to an activating group) is 1. The molecule has 22 heavy (non-hydrogen) atoms. The number of aryl methyl sites for hydroxylation is 1. The first-order valence-electron chi connectivity index (χ1n) is 6.87. The molecule has 114 valence electrons. The molecule has 0 aromatic heterocycles. The van der Waals surface area contributed by atoms with Gasteiger partial charge in [0.1, 0.15) is 5.75 Å². The number of carbonyl (C=O) groups excluding carboxylic acids is 2. The predicted molar refractivity (Wildman–Crippen MR) is 84.9 cm³/mol. The molecular formula is C17H18N2O3. The van der Waals surface area contributed by atoms with E-state index in [2.05, 4.69) is 5.32 Å². The maximum atomic E-state index is 12.3. The molecule has 0 radical (unpaired) electrons. The first-order valence-corrected chi connectivity index (χ1v) is 6.87. The van der Waals surface area contributed by atoms with Crippen molar-refractivity contribution < 1.29 is 14.7 Å². The number of phenols is 1. The highest BCUT2D eigenvalue weighted by atomic mass is 16.3. The van der Waals surface area contributed by atoms with Crippen molar-refractivity contribution in [2.24, 2.45) is 0 Å². The molecule has 0 heterocycles. The van der Waals surface area contributed by atoms with Crippen LogP contribution in [0.2, 0.25) is 0 Å². The predicted octanol–water partition coefficient (Wildman–Crippen LogP) is 2.41. The van der Waals surface area contributed by atoms with Crippen LogP contribution in [0.4, 0.5) is 5.69 Å². The SMILES string of the molecule is Cc1ccc(C(=O)N(C)CC(=O)Nc2ccccc2)c(O)c1.